The summed E-state index contributed by atoms with van der Waals surface area (Å²) in [5, 5.41) is 11.1. The molecule has 5 nitrogen and oxygen atoms in total. The zero-order valence-corrected chi connectivity index (χ0v) is 11.0. The molecule has 0 atom stereocenters. The quantitative estimate of drug-likeness (QED) is 0.686. The van der Waals surface area contributed by atoms with E-state index >= 15 is 0 Å². The number of methoxy groups -OCH3 is 1. The molecule has 5 heteroatoms. The Balaban J connectivity index is 2.62. The smallest absolute Gasteiger partial charge is 0.258 e. The Kier molecular flexibility index (Phi) is 6.46. The number of nitrogens with one attached hydrogen (secondary N) is 1. The summed E-state index contributed by atoms with van der Waals surface area (Å²) in [5.74, 6) is 0.801. The Bertz CT molecular complexity index is 431. The molecule has 0 spiro atoms. The van der Waals surface area contributed by atoms with Crippen molar-refractivity contribution in [2.45, 2.75) is 6.42 Å². The average molecular weight is 265 g/mol. The number of rotatable bonds is 8. The molecular weight excluding hydrogens is 246 g/mol. The molecular formula is C14H19NO4. The molecule has 104 valence electrons. The zero-order valence-electron chi connectivity index (χ0n) is 11.0. The molecule has 0 fully saturated rings. The minimum atomic E-state index is -0.286. The number of carbonyl (C=O) groups is 1. The topological polar surface area (TPSA) is 67.8 Å². The molecule has 0 heterocycles. The van der Waals surface area contributed by atoms with Crippen molar-refractivity contribution in [2.75, 3.05) is 26.9 Å². The summed E-state index contributed by atoms with van der Waals surface area (Å²) < 4.78 is 10.6. The van der Waals surface area contributed by atoms with Gasteiger partial charge in [-0.1, -0.05) is 12.1 Å². The van der Waals surface area contributed by atoms with Crippen molar-refractivity contribution in [1.82, 2.24) is 5.32 Å². The first-order valence-corrected chi connectivity index (χ1v) is 5.99. The van der Waals surface area contributed by atoms with Gasteiger partial charge in [0, 0.05) is 6.54 Å². The van der Waals surface area contributed by atoms with Crippen LogP contribution in [-0.2, 0) is 11.2 Å². The van der Waals surface area contributed by atoms with Crippen LogP contribution in [0.15, 0.2) is 30.9 Å². The van der Waals surface area contributed by atoms with Crippen LogP contribution in [-0.4, -0.2) is 37.9 Å². The van der Waals surface area contributed by atoms with Gasteiger partial charge in [0.15, 0.2) is 18.1 Å². The highest BCUT2D eigenvalue weighted by Gasteiger charge is 2.08. The highest BCUT2D eigenvalue weighted by molar-refractivity contribution is 5.77. The highest BCUT2D eigenvalue weighted by Crippen LogP contribution is 2.28. The van der Waals surface area contributed by atoms with Crippen LogP contribution in [0.3, 0.4) is 0 Å². The Morgan fingerprint density at radius 3 is 2.89 bits per heavy atom. The Morgan fingerprint density at radius 1 is 1.47 bits per heavy atom. The van der Waals surface area contributed by atoms with Crippen LogP contribution in [0, 0.1) is 0 Å². The Morgan fingerprint density at radius 2 is 2.26 bits per heavy atom. The van der Waals surface area contributed by atoms with Gasteiger partial charge >= 0.3 is 0 Å². The van der Waals surface area contributed by atoms with Crippen molar-refractivity contribution < 1.29 is 19.4 Å². The second-order valence-corrected chi connectivity index (χ2v) is 3.84. The van der Waals surface area contributed by atoms with E-state index in [2.05, 4.69) is 11.9 Å². The van der Waals surface area contributed by atoms with E-state index in [4.69, 9.17) is 14.6 Å². The van der Waals surface area contributed by atoms with Crippen molar-refractivity contribution in [3.8, 4) is 11.5 Å². The molecule has 1 aromatic rings. The molecule has 0 aromatic heterocycles. The maximum absolute atomic E-state index is 11.3. The Hall–Kier alpha value is -2.01. The van der Waals surface area contributed by atoms with Crippen LogP contribution in [0.5, 0.6) is 11.5 Å². The van der Waals surface area contributed by atoms with Crippen molar-refractivity contribution in [1.29, 1.82) is 0 Å². The first kappa shape index (κ1) is 15.0. The lowest BCUT2D eigenvalue weighted by Crippen LogP contribution is -2.31. The molecule has 1 aromatic carbocycles. The number of carbonyl (C=O) groups excluding carboxylic acids is 1. The highest BCUT2D eigenvalue weighted by atomic mass is 16.5. The van der Waals surface area contributed by atoms with Crippen molar-refractivity contribution in [3.63, 3.8) is 0 Å². The maximum Gasteiger partial charge on any atom is 0.258 e. The van der Waals surface area contributed by atoms with Gasteiger partial charge in [0.2, 0.25) is 0 Å². The summed E-state index contributed by atoms with van der Waals surface area (Å²) in [6.07, 6.45) is 2.55. The number of hydrogen-bond donors (Lipinski definition) is 2. The SMILES string of the molecule is C=CCc1ccc(OCC(=O)NCCO)c(OC)c1. The number of amides is 1. The first-order valence-electron chi connectivity index (χ1n) is 5.99. The van der Waals surface area contributed by atoms with E-state index < -0.39 is 0 Å². The lowest BCUT2D eigenvalue weighted by atomic mass is 10.1. The predicted molar refractivity (Wildman–Crippen MR) is 72.5 cm³/mol. The third kappa shape index (κ3) is 5.01. The van der Waals surface area contributed by atoms with Gasteiger partial charge in [0.1, 0.15) is 0 Å². The van der Waals surface area contributed by atoms with Gasteiger partial charge in [0.25, 0.3) is 5.91 Å². The van der Waals surface area contributed by atoms with E-state index in [0.717, 1.165) is 12.0 Å². The van der Waals surface area contributed by atoms with Gasteiger partial charge in [-0.15, -0.1) is 6.58 Å². The second-order valence-electron chi connectivity index (χ2n) is 3.84. The van der Waals surface area contributed by atoms with Gasteiger partial charge in [-0.2, -0.15) is 0 Å². The average Bonchev–Trinajstić information content (AvgIpc) is 2.43. The summed E-state index contributed by atoms with van der Waals surface area (Å²) in [6, 6.07) is 5.50. The van der Waals surface area contributed by atoms with Crippen LogP contribution in [0.2, 0.25) is 0 Å². The number of benzene rings is 1. The monoisotopic (exact) mass is 265 g/mol. The minimum absolute atomic E-state index is 0.0920. The van der Waals surface area contributed by atoms with Gasteiger partial charge < -0.3 is 19.9 Å². The summed E-state index contributed by atoms with van der Waals surface area (Å²) >= 11 is 0. The van der Waals surface area contributed by atoms with Gasteiger partial charge in [-0.25, -0.2) is 0 Å². The molecule has 1 rings (SSSR count). The molecule has 2 N–H and O–H groups in total. The van der Waals surface area contributed by atoms with Crippen LogP contribution in [0.4, 0.5) is 0 Å². The predicted octanol–water partition coefficient (Wildman–Crippen LogP) is 0.911. The summed E-state index contributed by atoms with van der Waals surface area (Å²) in [6.45, 7) is 3.69. The molecule has 1 amide bonds. The van der Waals surface area contributed by atoms with Crippen molar-refractivity contribution in [3.05, 3.63) is 36.4 Å². The van der Waals surface area contributed by atoms with E-state index in [-0.39, 0.29) is 25.7 Å². The summed E-state index contributed by atoms with van der Waals surface area (Å²) in [4.78, 5) is 11.3. The molecule has 19 heavy (non-hydrogen) atoms. The largest absolute Gasteiger partial charge is 0.493 e. The van der Waals surface area contributed by atoms with E-state index in [0.29, 0.717) is 11.5 Å². The minimum Gasteiger partial charge on any atom is -0.493 e. The number of allylic oxidation sites excluding steroid dienone is 1. The summed E-state index contributed by atoms with van der Waals surface area (Å²) in [5.41, 5.74) is 1.06. The lowest BCUT2D eigenvalue weighted by Gasteiger charge is -2.11. The van der Waals surface area contributed by atoms with Crippen LogP contribution in [0.1, 0.15) is 5.56 Å². The third-order valence-corrected chi connectivity index (χ3v) is 2.40. The van der Waals surface area contributed by atoms with E-state index in [9.17, 15) is 4.79 Å². The molecule has 0 aliphatic rings. The normalized spacial score (nSPS) is 9.79. The van der Waals surface area contributed by atoms with Crippen LogP contribution < -0.4 is 14.8 Å². The lowest BCUT2D eigenvalue weighted by molar-refractivity contribution is -0.123. The number of aliphatic hydroxyl groups excluding tert-OH is 1. The fourth-order valence-corrected chi connectivity index (χ4v) is 1.51. The fourth-order valence-electron chi connectivity index (χ4n) is 1.51. The summed E-state index contributed by atoms with van der Waals surface area (Å²) in [7, 11) is 1.55. The third-order valence-electron chi connectivity index (χ3n) is 2.40. The maximum atomic E-state index is 11.3. The van der Waals surface area contributed by atoms with Crippen LogP contribution >= 0.6 is 0 Å². The molecule has 0 bridgehead atoms. The molecule has 0 aliphatic heterocycles. The molecule has 0 unspecified atom stereocenters. The second kappa shape index (κ2) is 8.16. The van der Waals surface area contributed by atoms with E-state index in [1.165, 1.54) is 0 Å². The van der Waals surface area contributed by atoms with Gasteiger partial charge in [-0.3, -0.25) is 4.79 Å². The number of hydrogen-bond acceptors (Lipinski definition) is 4. The van der Waals surface area contributed by atoms with Gasteiger partial charge in [-0.05, 0) is 24.1 Å². The first-order chi connectivity index (χ1) is 9.21. The van der Waals surface area contributed by atoms with Crippen molar-refractivity contribution in [2.24, 2.45) is 0 Å². The molecule has 0 saturated heterocycles. The van der Waals surface area contributed by atoms with E-state index in [1.807, 2.05) is 12.1 Å². The number of ether oxygens (including phenoxy) is 2. The number of aliphatic hydroxyl groups is 1. The van der Waals surface area contributed by atoms with Gasteiger partial charge in [0.05, 0.1) is 13.7 Å². The van der Waals surface area contributed by atoms with Crippen LogP contribution in [0.25, 0.3) is 0 Å². The Labute approximate surface area is 112 Å². The molecule has 0 saturated carbocycles. The van der Waals surface area contributed by atoms with E-state index in [1.54, 1.807) is 19.3 Å². The van der Waals surface area contributed by atoms with Crippen molar-refractivity contribution >= 4 is 5.91 Å². The standard InChI is InChI=1S/C14H19NO4/c1-3-4-11-5-6-12(13(9-11)18-2)19-10-14(17)15-7-8-16/h3,5-6,9,16H,1,4,7-8,10H2,2H3,(H,15,17). The molecule has 0 aliphatic carbocycles. The molecule has 0 radical (unpaired) electrons. The zero-order chi connectivity index (χ0) is 14.1. The fraction of sp³-hybridized carbons (Fsp3) is 0.357.